The third kappa shape index (κ3) is 3.38. The Morgan fingerprint density at radius 3 is 2.46 bits per heavy atom. The minimum absolute atomic E-state index is 0.133. The molecule has 1 aliphatic heterocycles. The van der Waals surface area contributed by atoms with Gasteiger partial charge < -0.3 is 9.84 Å². The molecule has 7 nitrogen and oxygen atoms in total. The van der Waals surface area contributed by atoms with Gasteiger partial charge in [-0.05, 0) is 37.6 Å². The maximum Gasteiger partial charge on any atom is 0.248 e. The Morgan fingerprint density at radius 1 is 1.21 bits per heavy atom. The maximum atomic E-state index is 11.9. The van der Waals surface area contributed by atoms with E-state index < -0.39 is 10.0 Å². The summed E-state index contributed by atoms with van der Waals surface area (Å²) in [6.45, 7) is 6.51. The number of aromatic nitrogens is 2. The van der Waals surface area contributed by atoms with E-state index in [4.69, 9.17) is 4.52 Å². The molecule has 1 fully saturated rings. The fourth-order valence-corrected chi connectivity index (χ4v) is 4.19. The molecule has 1 aromatic heterocycles. The van der Waals surface area contributed by atoms with Crippen LogP contribution in [0.15, 0.2) is 28.8 Å². The lowest BCUT2D eigenvalue weighted by Gasteiger charge is -2.18. The highest BCUT2D eigenvalue weighted by atomic mass is 32.2. The third-order valence-corrected chi connectivity index (χ3v) is 5.85. The van der Waals surface area contributed by atoms with Crippen molar-refractivity contribution in [2.24, 2.45) is 0 Å². The van der Waals surface area contributed by atoms with Gasteiger partial charge in [-0.3, -0.25) is 4.31 Å². The molecule has 24 heavy (non-hydrogen) atoms. The van der Waals surface area contributed by atoms with Crippen LogP contribution in [0.25, 0.3) is 0 Å². The number of anilines is 2. The van der Waals surface area contributed by atoms with Crippen LogP contribution in [-0.2, 0) is 10.0 Å². The SMILES string of the molecule is CC(C)c1noc([C@H](C)Nc2ccc(N3CCCS3(=O)=O)cc2)n1. The van der Waals surface area contributed by atoms with Gasteiger partial charge in [0.1, 0.15) is 6.04 Å². The largest absolute Gasteiger partial charge is 0.374 e. The highest BCUT2D eigenvalue weighted by Gasteiger charge is 2.28. The quantitative estimate of drug-likeness (QED) is 0.892. The zero-order valence-corrected chi connectivity index (χ0v) is 14.9. The zero-order valence-electron chi connectivity index (χ0n) is 14.1. The predicted octanol–water partition coefficient (Wildman–Crippen LogP) is 2.91. The number of benzene rings is 1. The fraction of sp³-hybridized carbons (Fsp3) is 0.500. The fourth-order valence-electron chi connectivity index (χ4n) is 2.62. The lowest BCUT2D eigenvalue weighted by atomic mass is 10.2. The van der Waals surface area contributed by atoms with Gasteiger partial charge in [0.25, 0.3) is 0 Å². The first-order valence-electron chi connectivity index (χ1n) is 8.07. The van der Waals surface area contributed by atoms with Crippen LogP contribution in [0.5, 0.6) is 0 Å². The van der Waals surface area contributed by atoms with Crippen LogP contribution in [0.1, 0.15) is 50.9 Å². The lowest BCUT2D eigenvalue weighted by Crippen LogP contribution is -2.24. The summed E-state index contributed by atoms with van der Waals surface area (Å²) in [4.78, 5) is 4.38. The van der Waals surface area contributed by atoms with Crippen molar-refractivity contribution in [3.05, 3.63) is 36.0 Å². The number of nitrogens with one attached hydrogen (secondary N) is 1. The van der Waals surface area contributed by atoms with Crippen molar-refractivity contribution in [2.45, 2.75) is 39.2 Å². The molecule has 2 aromatic rings. The Morgan fingerprint density at radius 2 is 1.92 bits per heavy atom. The molecule has 0 bridgehead atoms. The third-order valence-electron chi connectivity index (χ3n) is 3.98. The minimum Gasteiger partial charge on any atom is -0.374 e. The average Bonchev–Trinajstić information content (AvgIpc) is 3.14. The van der Waals surface area contributed by atoms with Gasteiger partial charge >= 0.3 is 0 Å². The Bertz CT molecular complexity index is 799. The van der Waals surface area contributed by atoms with Gasteiger partial charge in [-0.25, -0.2) is 8.42 Å². The van der Waals surface area contributed by atoms with Gasteiger partial charge in [-0.2, -0.15) is 4.98 Å². The second kappa shape index (κ2) is 6.43. The molecule has 1 saturated heterocycles. The van der Waals surface area contributed by atoms with E-state index in [1.807, 2.05) is 45.0 Å². The lowest BCUT2D eigenvalue weighted by molar-refractivity contribution is 0.361. The molecule has 0 saturated carbocycles. The molecule has 130 valence electrons. The summed E-state index contributed by atoms with van der Waals surface area (Å²) in [7, 11) is -3.14. The van der Waals surface area contributed by atoms with Crippen molar-refractivity contribution in [1.29, 1.82) is 0 Å². The van der Waals surface area contributed by atoms with Crippen LogP contribution >= 0.6 is 0 Å². The van der Waals surface area contributed by atoms with E-state index in [0.29, 0.717) is 30.4 Å². The van der Waals surface area contributed by atoms with Crippen LogP contribution in [-0.4, -0.2) is 30.9 Å². The van der Waals surface area contributed by atoms with Crippen molar-refractivity contribution in [3.63, 3.8) is 0 Å². The molecule has 8 heteroatoms. The number of rotatable bonds is 5. The van der Waals surface area contributed by atoms with Gasteiger partial charge in [0, 0.05) is 18.2 Å². The molecule has 1 aromatic carbocycles. The summed E-state index contributed by atoms with van der Waals surface area (Å²) >= 11 is 0. The van der Waals surface area contributed by atoms with Crippen LogP contribution in [0.2, 0.25) is 0 Å². The van der Waals surface area contributed by atoms with Crippen molar-refractivity contribution in [2.75, 3.05) is 21.9 Å². The first-order valence-corrected chi connectivity index (χ1v) is 9.68. The number of hydrogen-bond donors (Lipinski definition) is 1. The van der Waals surface area contributed by atoms with E-state index in [1.165, 1.54) is 4.31 Å². The average molecular weight is 350 g/mol. The summed E-state index contributed by atoms with van der Waals surface area (Å²) in [6, 6.07) is 7.21. The molecule has 0 unspecified atom stereocenters. The van der Waals surface area contributed by atoms with E-state index in [1.54, 1.807) is 0 Å². The molecule has 0 aliphatic carbocycles. The molecule has 3 rings (SSSR count). The summed E-state index contributed by atoms with van der Waals surface area (Å²) in [5.41, 5.74) is 1.57. The smallest absolute Gasteiger partial charge is 0.248 e. The van der Waals surface area contributed by atoms with Crippen LogP contribution in [0.3, 0.4) is 0 Å². The van der Waals surface area contributed by atoms with Crippen LogP contribution in [0, 0.1) is 0 Å². The number of sulfonamides is 1. The summed E-state index contributed by atoms with van der Waals surface area (Å²) in [6.07, 6.45) is 0.675. The molecule has 1 aliphatic rings. The second-order valence-electron chi connectivity index (χ2n) is 6.30. The van der Waals surface area contributed by atoms with E-state index >= 15 is 0 Å². The molecular formula is C16H22N4O3S. The standard InChI is InChI=1S/C16H22N4O3S/c1-11(2)15-18-16(23-19-15)12(3)17-13-5-7-14(8-6-13)20-9-4-10-24(20,21)22/h5-8,11-12,17H,4,9-10H2,1-3H3/t12-/m0/s1. The van der Waals surface area contributed by atoms with Crippen molar-refractivity contribution < 1.29 is 12.9 Å². The van der Waals surface area contributed by atoms with Crippen molar-refractivity contribution in [1.82, 2.24) is 10.1 Å². The molecule has 1 N–H and O–H groups in total. The molecule has 0 spiro atoms. The van der Waals surface area contributed by atoms with Gasteiger partial charge in [0.05, 0.1) is 11.4 Å². The van der Waals surface area contributed by atoms with Crippen molar-refractivity contribution >= 4 is 21.4 Å². The zero-order chi connectivity index (χ0) is 17.3. The number of hydrogen-bond acceptors (Lipinski definition) is 6. The summed E-state index contributed by atoms with van der Waals surface area (Å²) < 4.78 is 30.6. The van der Waals surface area contributed by atoms with Crippen LogP contribution < -0.4 is 9.62 Å². The Hall–Kier alpha value is -2.09. The first kappa shape index (κ1) is 16.8. The maximum absolute atomic E-state index is 11.9. The monoisotopic (exact) mass is 350 g/mol. The second-order valence-corrected chi connectivity index (χ2v) is 8.31. The van der Waals surface area contributed by atoms with E-state index in [9.17, 15) is 8.42 Å². The van der Waals surface area contributed by atoms with Gasteiger partial charge in [-0.1, -0.05) is 19.0 Å². The molecule has 1 atom stereocenters. The van der Waals surface area contributed by atoms with E-state index in [-0.39, 0.29) is 17.7 Å². The van der Waals surface area contributed by atoms with Gasteiger partial charge in [0.15, 0.2) is 5.82 Å². The highest BCUT2D eigenvalue weighted by molar-refractivity contribution is 7.93. The molecule has 2 heterocycles. The first-order chi connectivity index (χ1) is 11.4. The summed E-state index contributed by atoms with van der Waals surface area (Å²) in [5, 5.41) is 7.25. The molecule has 0 amide bonds. The van der Waals surface area contributed by atoms with E-state index in [2.05, 4.69) is 15.5 Å². The van der Waals surface area contributed by atoms with Gasteiger partial charge in [0.2, 0.25) is 15.9 Å². The Kier molecular flexibility index (Phi) is 4.49. The minimum atomic E-state index is -3.14. The number of nitrogens with zero attached hydrogens (tertiary/aromatic N) is 3. The predicted molar refractivity (Wildman–Crippen MR) is 92.6 cm³/mol. The Balaban J connectivity index is 1.69. The van der Waals surface area contributed by atoms with Crippen LogP contribution in [0.4, 0.5) is 11.4 Å². The Labute approximate surface area is 142 Å². The topological polar surface area (TPSA) is 88.3 Å². The van der Waals surface area contributed by atoms with E-state index in [0.717, 1.165) is 5.69 Å². The van der Waals surface area contributed by atoms with Gasteiger partial charge in [-0.15, -0.1) is 0 Å². The van der Waals surface area contributed by atoms with Crippen molar-refractivity contribution in [3.8, 4) is 0 Å². The molecule has 0 radical (unpaired) electrons. The normalized spacial score (nSPS) is 18.1. The highest BCUT2D eigenvalue weighted by Crippen LogP contribution is 2.26. The summed E-state index contributed by atoms with van der Waals surface area (Å²) in [5.74, 6) is 1.66. The molecular weight excluding hydrogens is 328 g/mol.